The zero-order valence-electron chi connectivity index (χ0n) is 20.6. The van der Waals surface area contributed by atoms with Crippen LogP contribution in [0.1, 0.15) is 0 Å². The molecule has 5 aromatic carbocycles. The summed E-state index contributed by atoms with van der Waals surface area (Å²) in [5.41, 5.74) is 1.22. The first-order valence-corrected chi connectivity index (χ1v) is 14.1. The Labute approximate surface area is 221 Å². The summed E-state index contributed by atoms with van der Waals surface area (Å²) in [5.74, 6) is 0.368. The molecule has 0 amide bonds. The fourth-order valence-corrected chi connectivity index (χ4v) is 8.06. The van der Waals surface area contributed by atoms with E-state index in [4.69, 9.17) is 9.84 Å². The second kappa shape index (κ2) is 10.3. The zero-order chi connectivity index (χ0) is 25.8. The molecule has 1 N–H and O–H groups in total. The highest BCUT2D eigenvalue weighted by atomic mass is 31.2. The molecule has 38 heavy (non-hydrogen) atoms. The first kappa shape index (κ1) is 23.7. The van der Waals surface area contributed by atoms with E-state index in [1.807, 2.05) is 103 Å². The van der Waals surface area contributed by atoms with Crippen molar-refractivity contribution in [1.82, 2.24) is 9.66 Å². The second-order valence-electron chi connectivity index (χ2n) is 8.79. The molecule has 6 heteroatoms. The Morgan fingerprint density at radius 1 is 0.579 bits per heavy atom. The SMILES string of the molecule is O=c1c2ccccc2nc(Nc2ccccc2)n1N=P(c1ccccc1)(c1ccccc1)c1ccccc1. The van der Waals surface area contributed by atoms with Crippen LogP contribution in [0.3, 0.4) is 0 Å². The lowest BCUT2D eigenvalue weighted by Gasteiger charge is -2.27. The van der Waals surface area contributed by atoms with E-state index in [2.05, 4.69) is 41.7 Å². The zero-order valence-corrected chi connectivity index (χ0v) is 21.4. The predicted octanol–water partition coefficient (Wildman–Crippen LogP) is 6.08. The molecule has 0 spiro atoms. The highest BCUT2D eigenvalue weighted by Crippen LogP contribution is 2.46. The average Bonchev–Trinajstić information content (AvgIpc) is 2.99. The lowest BCUT2D eigenvalue weighted by Crippen LogP contribution is -2.29. The van der Waals surface area contributed by atoms with Gasteiger partial charge in [-0.3, -0.25) is 4.79 Å². The van der Waals surface area contributed by atoms with Gasteiger partial charge in [0, 0.05) is 21.6 Å². The molecule has 6 rings (SSSR count). The molecule has 0 radical (unpaired) electrons. The van der Waals surface area contributed by atoms with Crippen molar-refractivity contribution >= 4 is 45.5 Å². The van der Waals surface area contributed by atoms with Crippen molar-refractivity contribution in [3.05, 3.63) is 156 Å². The molecule has 1 aromatic heterocycles. The first-order valence-electron chi connectivity index (χ1n) is 12.4. The van der Waals surface area contributed by atoms with Crippen molar-refractivity contribution in [2.75, 3.05) is 5.32 Å². The topological polar surface area (TPSA) is 59.3 Å². The molecule has 0 saturated carbocycles. The Morgan fingerprint density at radius 3 is 1.55 bits per heavy atom. The summed E-state index contributed by atoms with van der Waals surface area (Å²) in [4.78, 5) is 24.4. The van der Waals surface area contributed by atoms with Crippen LogP contribution in [-0.4, -0.2) is 9.66 Å². The molecule has 0 saturated heterocycles. The van der Waals surface area contributed by atoms with Gasteiger partial charge in [-0.2, -0.15) is 9.53 Å². The van der Waals surface area contributed by atoms with Gasteiger partial charge in [0.1, 0.15) is 0 Å². The lowest BCUT2D eigenvalue weighted by molar-refractivity contribution is 0.838. The fourth-order valence-electron chi connectivity index (χ4n) is 4.61. The number of para-hydroxylation sites is 2. The van der Waals surface area contributed by atoms with Crippen LogP contribution in [0.5, 0.6) is 0 Å². The molecule has 0 aliphatic rings. The molecule has 0 fully saturated rings. The van der Waals surface area contributed by atoms with E-state index in [1.165, 1.54) is 4.68 Å². The minimum atomic E-state index is -2.70. The molecule has 0 aliphatic carbocycles. The van der Waals surface area contributed by atoms with E-state index < -0.39 is 7.05 Å². The Bertz CT molecular complexity index is 1700. The van der Waals surface area contributed by atoms with E-state index in [9.17, 15) is 4.79 Å². The van der Waals surface area contributed by atoms with Crippen LogP contribution in [0.2, 0.25) is 0 Å². The maximum atomic E-state index is 14.1. The van der Waals surface area contributed by atoms with E-state index in [0.717, 1.165) is 21.6 Å². The molecule has 184 valence electrons. The molecule has 5 nitrogen and oxygen atoms in total. The molecule has 0 unspecified atom stereocenters. The highest BCUT2D eigenvalue weighted by molar-refractivity contribution is 7.87. The summed E-state index contributed by atoms with van der Waals surface area (Å²) in [7, 11) is -2.70. The third-order valence-electron chi connectivity index (χ3n) is 6.40. The van der Waals surface area contributed by atoms with Gasteiger partial charge in [0.15, 0.2) is 0 Å². The number of nitrogens with zero attached hydrogens (tertiary/aromatic N) is 3. The maximum absolute atomic E-state index is 14.1. The molecular formula is C32H25N4OP. The van der Waals surface area contributed by atoms with E-state index in [0.29, 0.717) is 16.9 Å². The van der Waals surface area contributed by atoms with E-state index in [-0.39, 0.29) is 5.56 Å². The molecule has 1 heterocycles. The van der Waals surface area contributed by atoms with Crippen LogP contribution in [0.15, 0.2) is 155 Å². The van der Waals surface area contributed by atoms with Gasteiger partial charge in [0.2, 0.25) is 5.95 Å². The van der Waals surface area contributed by atoms with Crippen LogP contribution < -0.4 is 26.8 Å². The van der Waals surface area contributed by atoms with Crippen molar-refractivity contribution in [3.63, 3.8) is 0 Å². The number of hydrogen-bond acceptors (Lipinski definition) is 4. The van der Waals surface area contributed by atoms with E-state index >= 15 is 0 Å². The van der Waals surface area contributed by atoms with E-state index in [1.54, 1.807) is 6.07 Å². The second-order valence-corrected chi connectivity index (χ2v) is 11.8. The highest BCUT2D eigenvalue weighted by Gasteiger charge is 2.29. The smallest absolute Gasteiger partial charge is 0.283 e. The fraction of sp³-hybridized carbons (Fsp3) is 0. The van der Waals surface area contributed by atoms with Crippen molar-refractivity contribution in [2.24, 2.45) is 4.85 Å². The Kier molecular flexibility index (Phi) is 6.43. The van der Waals surface area contributed by atoms with Crippen LogP contribution >= 0.6 is 7.05 Å². The largest absolute Gasteiger partial charge is 0.324 e. The van der Waals surface area contributed by atoms with Gasteiger partial charge in [0.25, 0.3) is 5.56 Å². The summed E-state index contributed by atoms with van der Waals surface area (Å²) >= 11 is 0. The predicted molar refractivity (Wildman–Crippen MR) is 159 cm³/mol. The monoisotopic (exact) mass is 512 g/mol. The van der Waals surface area contributed by atoms with Crippen molar-refractivity contribution < 1.29 is 0 Å². The van der Waals surface area contributed by atoms with Gasteiger partial charge in [-0.1, -0.05) is 121 Å². The number of hydrogen-bond donors (Lipinski definition) is 1. The number of aromatic nitrogens is 2. The van der Waals surface area contributed by atoms with Gasteiger partial charge >= 0.3 is 0 Å². The Morgan fingerprint density at radius 2 is 1.03 bits per heavy atom. The summed E-state index contributed by atoms with van der Waals surface area (Å²) in [5, 5.41) is 7.01. The van der Waals surface area contributed by atoms with Crippen LogP contribution in [0.25, 0.3) is 10.9 Å². The third-order valence-corrected chi connectivity index (χ3v) is 9.98. The van der Waals surface area contributed by atoms with Gasteiger partial charge in [-0.25, -0.2) is 4.98 Å². The normalized spacial score (nSPS) is 11.3. The standard InChI is InChI=1S/C32H25N4OP/c37-31-29-23-13-14-24-30(29)34-32(33-25-15-5-1-6-16-25)36(31)35-38(26-17-7-2-8-18-26,27-19-9-3-10-20-27)28-21-11-4-12-22-28/h1-24H,(H,33,34). The quantitative estimate of drug-likeness (QED) is 0.275. The molecule has 0 aliphatic heterocycles. The van der Waals surface area contributed by atoms with Crippen LogP contribution in [0.4, 0.5) is 11.6 Å². The lowest BCUT2D eigenvalue weighted by atomic mass is 10.2. The third kappa shape index (κ3) is 4.34. The summed E-state index contributed by atoms with van der Waals surface area (Å²) in [6.45, 7) is 0. The molecule has 0 atom stereocenters. The molecule has 6 aromatic rings. The van der Waals surface area contributed by atoms with Crippen LogP contribution in [-0.2, 0) is 0 Å². The first-order chi connectivity index (χ1) is 18.8. The van der Waals surface area contributed by atoms with Crippen molar-refractivity contribution in [2.45, 2.75) is 0 Å². The number of fused-ring (bicyclic) bond motifs is 1. The van der Waals surface area contributed by atoms with Gasteiger partial charge < -0.3 is 5.32 Å². The summed E-state index contributed by atoms with van der Waals surface area (Å²) in [6, 6.07) is 47.9. The average molecular weight is 513 g/mol. The number of nitrogens with one attached hydrogen (secondary N) is 1. The summed E-state index contributed by atoms with van der Waals surface area (Å²) < 4.78 is 1.47. The van der Waals surface area contributed by atoms with Gasteiger partial charge in [-0.15, -0.1) is 0 Å². The maximum Gasteiger partial charge on any atom is 0.283 e. The number of anilines is 2. The number of rotatable bonds is 6. The minimum absolute atomic E-state index is 0.221. The van der Waals surface area contributed by atoms with Crippen molar-refractivity contribution in [3.8, 4) is 0 Å². The van der Waals surface area contributed by atoms with Gasteiger partial charge in [-0.05, 0) is 24.3 Å². The summed E-state index contributed by atoms with van der Waals surface area (Å²) in [6.07, 6.45) is 0. The Balaban J connectivity index is 1.76. The Hall–Kier alpha value is -4.73. The molecular weight excluding hydrogens is 487 g/mol. The minimum Gasteiger partial charge on any atom is -0.324 e. The number of benzene rings is 5. The van der Waals surface area contributed by atoms with Gasteiger partial charge in [0.05, 0.1) is 18.0 Å². The van der Waals surface area contributed by atoms with Crippen molar-refractivity contribution in [1.29, 1.82) is 0 Å². The van der Waals surface area contributed by atoms with Crippen LogP contribution in [0, 0.1) is 0 Å². The molecule has 0 bridgehead atoms.